The molecule has 2 aromatic carbocycles. The summed E-state index contributed by atoms with van der Waals surface area (Å²) in [5.74, 6) is 1.58. The molecule has 0 radical (unpaired) electrons. The van der Waals surface area contributed by atoms with E-state index in [-0.39, 0.29) is 17.5 Å². The summed E-state index contributed by atoms with van der Waals surface area (Å²) in [6.07, 6.45) is 5.91. The SMILES string of the molecule is CCCS(=O)(=O)Cc1cc(C)c(Oc2ncccc2-c2ccnc(N[C@@H]3CCC[C@@H](F)C3)n2)c2ccccc12. The van der Waals surface area contributed by atoms with Crippen molar-refractivity contribution in [2.75, 3.05) is 11.1 Å². The summed E-state index contributed by atoms with van der Waals surface area (Å²) in [5.41, 5.74) is 2.89. The Hall–Kier alpha value is -3.59. The average Bonchev–Trinajstić information content (AvgIpc) is 2.91. The molecular weight excluding hydrogens is 515 g/mol. The van der Waals surface area contributed by atoms with Gasteiger partial charge in [-0.1, -0.05) is 37.3 Å². The predicted molar refractivity (Wildman–Crippen MR) is 153 cm³/mol. The molecule has 0 bridgehead atoms. The number of aryl methyl sites for hydroxylation is 1. The smallest absolute Gasteiger partial charge is 0.228 e. The number of pyridine rings is 1. The normalized spacial score (nSPS) is 17.7. The van der Waals surface area contributed by atoms with E-state index in [9.17, 15) is 12.8 Å². The van der Waals surface area contributed by atoms with Gasteiger partial charge in [-0.15, -0.1) is 0 Å². The summed E-state index contributed by atoms with van der Waals surface area (Å²) < 4.78 is 45.6. The van der Waals surface area contributed by atoms with Gasteiger partial charge < -0.3 is 10.1 Å². The highest BCUT2D eigenvalue weighted by Crippen LogP contribution is 2.38. The summed E-state index contributed by atoms with van der Waals surface area (Å²) >= 11 is 0. The molecule has 0 aliphatic heterocycles. The van der Waals surface area contributed by atoms with E-state index in [2.05, 4.69) is 20.3 Å². The first-order valence-electron chi connectivity index (χ1n) is 13.4. The second-order valence-electron chi connectivity index (χ2n) is 10.1. The lowest BCUT2D eigenvalue weighted by Crippen LogP contribution is -2.28. The first-order valence-corrected chi connectivity index (χ1v) is 15.2. The summed E-state index contributed by atoms with van der Waals surface area (Å²) in [4.78, 5) is 13.6. The van der Waals surface area contributed by atoms with Gasteiger partial charge in [0.2, 0.25) is 11.8 Å². The maximum Gasteiger partial charge on any atom is 0.228 e. The van der Waals surface area contributed by atoms with E-state index in [0.717, 1.165) is 34.7 Å². The molecule has 2 aromatic heterocycles. The lowest BCUT2D eigenvalue weighted by molar-refractivity contribution is 0.239. The first-order chi connectivity index (χ1) is 18.8. The van der Waals surface area contributed by atoms with Crippen LogP contribution in [0.15, 0.2) is 60.9 Å². The van der Waals surface area contributed by atoms with Crippen LogP contribution in [0, 0.1) is 6.92 Å². The molecule has 1 saturated carbocycles. The van der Waals surface area contributed by atoms with Crippen LogP contribution in [0.5, 0.6) is 11.6 Å². The van der Waals surface area contributed by atoms with Gasteiger partial charge in [0.1, 0.15) is 11.9 Å². The van der Waals surface area contributed by atoms with Gasteiger partial charge in [0, 0.05) is 23.8 Å². The third-order valence-electron chi connectivity index (χ3n) is 7.00. The number of benzene rings is 2. The molecular formula is C30H33FN4O3S. The van der Waals surface area contributed by atoms with Crippen LogP contribution in [-0.2, 0) is 15.6 Å². The van der Waals surface area contributed by atoms with E-state index in [1.54, 1.807) is 18.5 Å². The monoisotopic (exact) mass is 548 g/mol. The van der Waals surface area contributed by atoms with Crippen LogP contribution < -0.4 is 10.1 Å². The van der Waals surface area contributed by atoms with Gasteiger partial charge >= 0.3 is 0 Å². The van der Waals surface area contributed by atoms with E-state index in [1.165, 1.54) is 0 Å². The number of nitrogens with one attached hydrogen (secondary N) is 1. The van der Waals surface area contributed by atoms with Gasteiger partial charge in [-0.2, -0.15) is 0 Å². The zero-order valence-corrected chi connectivity index (χ0v) is 23.0. The van der Waals surface area contributed by atoms with Crippen LogP contribution in [0.25, 0.3) is 22.0 Å². The lowest BCUT2D eigenvalue weighted by atomic mass is 9.94. The quantitative estimate of drug-likeness (QED) is 0.246. The number of sulfone groups is 1. The van der Waals surface area contributed by atoms with Crippen molar-refractivity contribution in [3.8, 4) is 22.9 Å². The van der Waals surface area contributed by atoms with Crippen LogP contribution in [-0.4, -0.2) is 41.3 Å². The molecule has 4 aromatic rings. The number of fused-ring (bicyclic) bond motifs is 1. The van der Waals surface area contributed by atoms with Crippen LogP contribution in [0.1, 0.15) is 50.2 Å². The van der Waals surface area contributed by atoms with Gasteiger partial charge in [-0.05, 0) is 73.7 Å². The van der Waals surface area contributed by atoms with E-state index < -0.39 is 16.0 Å². The molecule has 1 fully saturated rings. The Morgan fingerprint density at radius 1 is 1.05 bits per heavy atom. The lowest BCUT2D eigenvalue weighted by Gasteiger charge is -2.25. The Morgan fingerprint density at radius 2 is 1.87 bits per heavy atom. The zero-order chi connectivity index (χ0) is 27.4. The molecule has 1 aliphatic carbocycles. The topological polar surface area (TPSA) is 94.1 Å². The number of ether oxygens (including phenoxy) is 1. The maximum absolute atomic E-state index is 13.9. The van der Waals surface area contributed by atoms with Crippen LogP contribution in [0.4, 0.5) is 10.3 Å². The van der Waals surface area contributed by atoms with E-state index in [4.69, 9.17) is 4.74 Å². The fourth-order valence-electron chi connectivity index (χ4n) is 5.24. The Kier molecular flexibility index (Phi) is 8.07. The molecule has 1 aliphatic rings. The summed E-state index contributed by atoms with van der Waals surface area (Å²) in [7, 11) is -3.22. The van der Waals surface area contributed by atoms with Crippen molar-refractivity contribution in [3.05, 3.63) is 72.1 Å². The number of halogens is 1. The molecule has 1 N–H and O–H groups in total. The minimum Gasteiger partial charge on any atom is -0.437 e. The zero-order valence-electron chi connectivity index (χ0n) is 22.2. The highest BCUT2D eigenvalue weighted by atomic mass is 32.2. The van der Waals surface area contributed by atoms with Gasteiger partial charge in [0.05, 0.1) is 22.8 Å². The van der Waals surface area contributed by atoms with Gasteiger partial charge in [-0.3, -0.25) is 0 Å². The average molecular weight is 549 g/mol. The van der Waals surface area contributed by atoms with Gasteiger partial charge in [0.15, 0.2) is 9.84 Å². The Balaban J connectivity index is 1.48. The molecule has 7 nitrogen and oxygen atoms in total. The molecule has 0 amide bonds. The Morgan fingerprint density at radius 3 is 2.67 bits per heavy atom. The summed E-state index contributed by atoms with van der Waals surface area (Å²) in [6.45, 7) is 3.78. The maximum atomic E-state index is 13.9. The summed E-state index contributed by atoms with van der Waals surface area (Å²) in [6, 6.07) is 15.1. The molecule has 2 heterocycles. The third-order valence-corrected chi connectivity index (χ3v) is 8.78. The number of aromatic nitrogens is 3. The van der Waals surface area contributed by atoms with Crippen LogP contribution in [0.3, 0.4) is 0 Å². The third kappa shape index (κ3) is 6.36. The minimum atomic E-state index is -3.22. The number of alkyl halides is 1. The molecule has 0 saturated heterocycles. The van der Waals surface area contributed by atoms with Crippen molar-refractivity contribution in [2.45, 2.75) is 63.9 Å². The van der Waals surface area contributed by atoms with Crippen molar-refractivity contribution in [3.63, 3.8) is 0 Å². The molecule has 2 atom stereocenters. The largest absolute Gasteiger partial charge is 0.437 e. The molecule has 0 unspecified atom stereocenters. The van der Waals surface area contributed by atoms with Crippen molar-refractivity contribution in [1.82, 2.24) is 15.0 Å². The molecule has 5 rings (SSSR count). The highest BCUT2D eigenvalue weighted by molar-refractivity contribution is 7.90. The Labute approximate surface area is 228 Å². The Bertz CT molecular complexity index is 1580. The van der Waals surface area contributed by atoms with Gasteiger partial charge in [-0.25, -0.2) is 27.8 Å². The standard InChI is InChI=1S/C30H33FN4O3S/c1-3-16-39(36,37)19-21-17-20(2)28(25-11-5-4-10-24(21)25)38-29-26(12-7-14-32-29)27-13-15-33-30(35-27)34-23-9-6-8-22(31)18-23/h4-5,7,10-15,17,22-23H,3,6,8-9,16,18-19H2,1-2H3,(H,33,34,35)/t22-,23-/m1/s1. The number of nitrogens with zero attached hydrogens (tertiary/aromatic N) is 3. The molecule has 204 valence electrons. The van der Waals surface area contributed by atoms with Crippen LogP contribution in [0.2, 0.25) is 0 Å². The van der Waals surface area contributed by atoms with Gasteiger partial charge in [0.25, 0.3) is 0 Å². The fraction of sp³-hybridized carbons (Fsp3) is 0.367. The van der Waals surface area contributed by atoms with Crippen molar-refractivity contribution < 1.29 is 17.5 Å². The van der Waals surface area contributed by atoms with Crippen molar-refractivity contribution in [2.24, 2.45) is 0 Å². The number of hydrogen-bond acceptors (Lipinski definition) is 7. The number of rotatable bonds is 9. The van der Waals surface area contributed by atoms with E-state index in [0.29, 0.717) is 48.1 Å². The minimum absolute atomic E-state index is 0.00212. The number of anilines is 1. The second-order valence-corrected chi connectivity index (χ2v) is 12.3. The van der Waals surface area contributed by atoms with E-state index in [1.807, 2.05) is 56.3 Å². The van der Waals surface area contributed by atoms with Crippen LogP contribution >= 0.6 is 0 Å². The predicted octanol–water partition coefficient (Wildman–Crippen LogP) is 6.81. The first kappa shape index (κ1) is 27.0. The van der Waals surface area contributed by atoms with E-state index >= 15 is 0 Å². The fourth-order valence-corrected chi connectivity index (χ4v) is 6.72. The highest BCUT2D eigenvalue weighted by Gasteiger charge is 2.23. The second kappa shape index (κ2) is 11.7. The molecule has 39 heavy (non-hydrogen) atoms. The van der Waals surface area contributed by atoms with Crippen molar-refractivity contribution in [1.29, 1.82) is 0 Å². The molecule has 9 heteroatoms. The number of hydrogen-bond donors (Lipinski definition) is 1. The van der Waals surface area contributed by atoms with Crippen molar-refractivity contribution >= 4 is 26.6 Å². The summed E-state index contributed by atoms with van der Waals surface area (Å²) in [5, 5.41) is 4.94. The molecule has 0 spiro atoms.